The van der Waals surface area contributed by atoms with Gasteiger partial charge >= 0.3 is 5.97 Å². The fourth-order valence-electron chi connectivity index (χ4n) is 4.20. The molecule has 22 heavy (non-hydrogen) atoms. The summed E-state index contributed by atoms with van der Waals surface area (Å²) < 4.78 is 0. The van der Waals surface area contributed by atoms with Crippen molar-refractivity contribution in [3.63, 3.8) is 0 Å². The van der Waals surface area contributed by atoms with Crippen molar-refractivity contribution in [3.05, 3.63) is 0 Å². The van der Waals surface area contributed by atoms with E-state index in [2.05, 4.69) is 0 Å². The number of aliphatic carboxylic acids is 1. The molecule has 122 valence electrons. The number of rotatable bonds is 4. The highest BCUT2D eigenvalue weighted by Crippen LogP contribution is 2.57. The van der Waals surface area contributed by atoms with Crippen LogP contribution in [0.5, 0.6) is 0 Å². The Kier molecular flexibility index (Phi) is 4.10. The van der Waals surface area contributed by atoms with Crippen molar-refractivity contribution in [1.82, 2.24) is 9.80 Å². The number of fused-ring (bicyclic) bond motifs is 1. The molecule has 2 unspecified atom stereocenters. The molecule has 0 bridgehead atoms. The molecule has 1 saturated heterocycles. The number of carboxylic acid groups (broad SMARTS) is 1. The van der Waals surface area contributed by atoms with Crippen LogP contribution in [-0.2, 0) is 14.4 Å². The lowest BCUT2D eigenvalue weighted by molar-refractivity contribution is -0.146. The smallest absolute Gasteiger partial charge is 0.306 e. The Bertz CT molecular complexity index is 475. The average Bonchev–Trinajstić information content (AvgIpc) is 2.98. The third kappa shape index (κ3) is 2.83. The number of amides is 2. The summed E-state index contributed by atoms with van der Waals surface area (Å²) in [6, 6.07) is 0. The molecule has 1 N–H and O–H groups in total. The molecular weight excluding hydrogens is 284 g/mol. The van der Waals surface area contributed by atoms with Crippen LogP contribution in [0.15, 0.2) is 0 Å². The predicted molar refractivity (Wildman–Crippen MR) is 78.9 cm³/mol. The number of likely N-dealkylation sites (N-methyl/N-ethyl adjacent to an activating group) is 1. The van der Waals surface area contributed by atoms with Gasteiger partial charge in [0.2, 0.25) is 11.8 Å². The lowest BCUT2D eigenvalue weighted by atomic mass is 9.97. The van der Waals surface area contributed by atoms with Crippen LogP contribution < -0.4 is 0 Å². The first-order valence-electron chi connectivity index (χ1n) is 8.24. The molecule has 6 nitrogen and oxygen atoms in total. The Labute approximate surface area is 130 Å². The summed E-state index contributed by atoms with van der Waals surface area (Å²) in [6.07, 6.45) is 4.56. The highest BCUT2D eigenvalue weighted by Gasteiger charge is 2.57. The molecule has 3 fully saturated rings. The van der Waals surface area contributed by atoms with Gasteiger partial charge in [0.25, 0.3) is 0 Å². The predicted octanol–water partition coefficient (Wildman–Crippen LogP) is 0.814. The summed E-state index contributed by atoms with van der Waals surface area (Å²) in [4.78, 5) is 38.8. The Balaban J connectivity index is 1.45. The van der Waals surface area contributed by atoms with E-state index in [1.807, 2.05) is 0 Å². The summed E-state index contributed by atoms with van der Waals surface area (Å²) in [6.45, 7) is 1.07. The first kappa shape index (κ1) is 15.3. The van der Waals surface area contributed by atoms with E-state index in [9.17, 15) is 14.4 Å². The van der Waals surface area contributed by atoms with Gasteiger partial charge in [0, 0.05) is 26.1 Å². The zero-order valence-corrected chi connectivity index (χ0v) is 13.0. The second-order valence-corrected chi connectivity index (χ2v) is 6.97. The van der Waals surface area contributed by atoms with Crippen LogP contribution in [0, 0.1) is 23.7 Å². The van der Waals surface area contributed by atoms with E-state index in [4.69, 9.17) is 5.11 Å². The highest BCUT2D eigenvalue weighted by atomic mass is 16.4. The van der Waals surface area contributed by atoms with Gasteiger partial charge in [0.15, 0.2) is 0 Å². The largest absolute Gasteiger partial charge is 0.481 e. The Morgan fingerprint density at radius 1 is 1.09 bits per heavy atom. The fraction of sp³-hybridized carbons (Fsp3) is 0.812. The van der Waals surface area contributed by atoms with Gasteiger partial charge in [-0.15, -0.1) is 0 Å². The van der Waals surface area contributed by atoms with Gasteiger partial charge in [-0.25, -0.2) is 0 Å². The van der Waals surface area contributed by atoms with Crippen molar-refractivity contribution in [2.75, 3.05) is 26.7 Å². The molecule has 1 aliphatic heterocycles. The standard InChI is InChI=1S/C16H24N2O4/c1-17(15(20)14-11-3-2-4-12(11)14)9-13(19)18-7-5-10(6-8-18)16(21)22/h10-12,14H,2-9H2,1H3,(H,21,22). The molecule has 0 aromatic heterocycles. The topological polar surface area (TPSA) is 77.9 Å². The average molecular weight is 308 g/mol. The summed E-state index contributed by atoms with van der Waals surface area (Å²) in [7, 11) is 1.71. The van der Waals surface area contributed by atoms with E-state index in [0.717, 1.165) is 12.8 Å². The molecule has 2 amide bonds. The molecule has 1 heterocycles. The third-order valence-corrected chi connectivity index (χ3v) is 5.64. The molecule has 6 heteroatoms. The van der Waals surface area contributed by atoms with Crippen molar-refractivity contribution in [2.24, 2.45) is 23.7 Å². The van der Waals surface area contributed by atoms with Crippen molar-refractivity contribution >= 4 is 17.8 Å². The lowest BCUT2D eigenvalue weighted by Crippen LogP contribution is -2.46. The van der Waals surface area contributed by atoms with Gasteiger partial charge in [0.1, 0.15) is 0 Å². The number of carbonyl (C=O) groups is 3. The second kappa shape index (κ2) is 5.89. The molecule has 0 radical (unpaired) electrons. The van der Waals surface area contributed by atoms with Crippen LogP contribution in [0.25, 0.3) is 0 Å². The SMILES string of the molecule is CN(CC(=O)N1CCC(C(=O)O)CC1)C(=O)C1C2CCCC21. The number of nitrogens with zero attached hydrogens (tertiary/aromatic N) is 2. The number of piperidine rings is 1. The second-order valence-electron chi connectivity index (χ2n) is 6.97. The van der Waals surface area contributed by atoms with Crippen LogP contribution in [0.4, 0.5) is 0 Å². The minimum atomic E-state index is -0.778. The van der Waals surface area contributed by atoms with Gasteiger partial charge in [-0.3, -0.25) is 14.4 Å². The van der Waals surface area contributed by atoms with Crippen LogP contribution in [0.2, 0.25) is 0 Å². The Morgan fingerprint density at radius 2 is 1.68 bits per heavy atom. The molecule has 2 aliphatic carbocycles. The molecule has 2 atom stereocenters. The van der Waals surface area contributed by atoms with Crippen LogP contribution in [-0.4, -0.2) is 59.4 Å². The first-order chi connectivity index (χ1) is 10.5. The molecule has 3 aliphatic rings. The number of hydrogen-bond acceptors (Lipinski definition) is 3. The number of likely N-dealkylation sites (tertiary alicyclic amines) is 1. The van der Waals surface area contributed by atoms with E-state index in [1.165, 1.54) is 6.42 Å². The van der Waals surface area contributed by atoms with Crippen LogP contribution >= 0.6 is 0 Å². The van der Waals surface area contributed by atoms with Gasteiger partial charge < -0.3 is 14.9 Å². The van der Waals surface area contributed by atoms with E-state index < -0.39 is 5.97 Å². The third-order valence-electron chi connectivity index (χ3n) is 5.64. The van der Waals surface area contributed by atoms with Crippen molar-refractivity contribution in [2.45, 2.75) is 32.1 Å². The summed E-state index contributed by atoms with van der Waals surface area (Å²) in [5, 5.41) is 8.97. The lowest BCUT2D eigenvalue weighted by Gasteiger charge is -2.31. The minimum absolute atomic E-state index is 0.0644. The molecule has 2 saturated carbocycles. The molecular formula is C16H24N2O4. The number of carboxylic acids is 1. The maximum atomic E-state index is 12.4. The van der Waals surface area contributed by atoms with Crippen molar-refractivity contribution in [3.8, 4) is 0 Å². The van der Waals surface area contributed by atoms with Crippen LogP contribution in [0.3, 0.4) is 0 Å². The Hall–Kier alpha value is -1.59. The normalized spacial score (nSPS) is 30.8. The van der Waals surface area contributed by atoms with Crippen LogP contribution in [0.1, 0.15) is 32.1 Å². The van der Waals surface area contributed by atoms with Gasteiger partial charge in [-0.2, -0.15) is 0 Å². The monoisotopic (exact) mass is 308 g/mol. The first-order valence-corrected chi connectivity index (χ1v) is 8.24. The Morgan fingerprint density at radius 3 is 2.23 bits per heavy atom. The van der Waals surface area contributed by atoms with Gasteiger partial charge in [0.05, 0.1) is 12.5 Å². The van der Waals surface area contributed by atoms with E-state index in [1.54, 1.807) is 16.8 Å². The molecule has 0 aromatic carbocycles. The fourth-order valence-corrected chi connectivity index (χ4v) is 4.20. The van der Waals surface area contributed by atoms with Crippen molar-refractivity contribution < 1.29 is 19.5 Å². The zero-order chi connectivity index (χ0) is 15.9. The maximum absolute atomic E-state index is 12.4. The number of hydrogen-bond donors (Lipinski definition) is 1. The number of carbonyl (C=O) groups excluding carboxylic acids is 2. The maximum Gasteiger partial charge on any atom is 0.306 e. The molecule has 0 aromatic rings. The summed E-state index contributed by atoms with van der Waals surface area (Å²) >= 11 is 0. The summed E-state index contributed by atoms with van der Waals surface area (Å²) in [5.41, 5.74) is 0. The van der Waals surface area contributed by atoms with E-state index in [0.29, 0.717) is 37.8 Å². The van der Waals surface area contributed by atoms with E-state index in [-0.39, 0.29) is 30.2 Å². The molecule has 0 spiro atoms. The van der Waals surface area contributed by atoms with Gasteiger partial charge in [-0.05, 0) is 37.5 Å². The zero-order valence-electron chi connectivity index (χ0n) is 13.0. The minimum Gasteiger partial charge on any atom is -0.481 e. The van der Waals surface area contributed by atoms with Crippen molar-refractivity contribution in [1.29, 1.82) is 0 Å². The van der Waals surface area contributed by atoms with Gasteiger partial charge in [-0.1, -0.05) is 6.42 Å². The quantitative estimate of drug-likeness (QED) is 0.834. The highest BCUT2D eigenvalue weighted by molar-refractivity contribution is 5.87. The summed E-state index contributed by atoms with van der Waals surface area (Å²) in [5.74, 6) is 0.222. The van der Waals surface area contributed by atoms with E-state index >= 15 is 0 Å². The molecule has 3 rings (SSSR count).